The smallest absolute Gasteiger partial charge is 0.149 e. The molecule has 0 bridgehead atoms. The maximum atomic E-state index is 13.3. The maximum Gasteiger partial charge on any atom is 0.149 e. The molecule has 0 atom stereocenters. The van der Waals surface area contributed by atoms with Crippen LogP contribution in [-0.4, -0.2) is 4.98 Å². The summed E-state index contributed by atoms with van der Waals surface area (Å²) in [6.07, 6.45) is 0. The molecule has 2 N–H and O–H groups in total. The summed E-state index contributed by atoms with van der Waals surface area (Å²) in [6.45, 7) is 1.85. The molecule has 0 aliphatic rings. The Labute approximate surface area is 75.2 Å². The molecular formula is C10H9FN2. The van der Waals surface area contributed by atoms with Gasteiger partial charge in [0, 0.05) is 5.39 Å². The Morgan fingerprint density at radius 2 is 2.08 bits per heavy atom. The fourth-order valence-electron chi connectivity index (χ4n) is 1.35. The average molecular weight is 176 g/mol. The summed E-state index contributed by atoms with van der Waals surface area (Å²) in [5.74, 6) is 0.0255. The minimum atomic E-state index is -0.317. The van der Waals surface area contributed by atoms with E-state index in [2.05, 4.69) is 4.98 Å². The lowest BCUT2D eigenvalue weighted by Crippen LogP contribution is -1.92. The van der Waals surface area contributed by atoms with Gasteiger partial charge in [0.25, 0.3) is 0 Å². The summed E-state index contributed by atoms with van der Waals surface area (Å²) in [6, 6.07) is 6.77. The molecule has 1 aromatic heterocycles. The third kappa shape index (κ3) is 1.33. The van der Waals surface area contributed by atoms with Crippen LogP contribution in [0.2, 0.25) is 0 Å². The maximum absolute atomic E-state index is 13.3. The monoisotopic (exact) mass is 176 g/mol. The third-order valence-electron chi connectivity index (χ3n) is 1.91. The molecule has 3 heteroatoms. The van der Waals surface area contributed by atoms with Crippen LogP contribution >= 0.6 is 0 Å². The van der Waals surface area contributed by atoms with Gasteiger partial charge >= 0.3 is 0 Å². The highest BCUT2D eigenvalue weighted by atomic mass is 19.1. The van der Waals surface area contributed by atoms with Crippen LogP contribution in [0.1, 0.15) is 5.56 Å². The molecule has 2 nitrogen and oxygen atoms in total. The van der Waals surface area contributed by atoms with Crippen LogP contribution in [0.3, 0.4) is 0 Å². The first-order chi connectivity index (χ1) is 6.16. The minimum absolute atomic E-state index is 0.317. The Hall–Kier alpha value is -1.64. The predicted molar refractivity (Wildman–Crippen MR) is 50.9 cm³/mol. The van der Waals surface area contributed by atoms with Crippen molar-refractivity contribution in [2.24, 2.45) is 0 Å². The molecule has 0 saturated carbocycles. The van der Waals surface area contributed by atoms with Crippen molar-refractivity contribution in [3.8, 4) is 0 Å². The van der Waals surface area contributed by atoms with E-state index in [0.717, 1.165) is 10.9 Å². The van der Waals surface area contributed by atoms with Gasteiger partial charge in [-0.25, -0.2) is 9.37 Å². The first kappa shape index (κ1) is 7.98. The van der Waals surface area contributed by atoms with E-state index in [-0.39, 0.29) is 5.82 Å². The van der Waals surface area contributed by atoms with Gasteiger partial charge in [0.15, 0.2) is 0 Å². The van der Waals surface area contributed by atoms with E-state index in [9.17, 15) is 4.39 Å². The van der Waals surface area contributed by atoms with Gasteiger partial charge in [-0.15, -0.1) is 0 Å². The van der Waals surface area contributed by atoms with E-state index in [4.69, 9.17) is 5.73 Å². The molecule has 13 heavy (non-hydrogen) atoms. The second-order valence-electron chi connectivity index (χ2n) is 3.05. The second-order valence-corrected chi connectivity index (χ2v) is 3.05. The van der Waals surface area contributed by atoms with E-state index in [1.165, 1.54) is 6.07 Å². The predicted octanol–water partition coefficient (Wildman–Crippen LogP) is 2.26. The van der Waals surface area contributed by atoms with Crippen LogP contribution in [-0.2, 0) is 0 Å². The Bertz CT molecular complexity index is 466. The van der Waals surface area contributed by atoms with Gasteiger partial charge in [-0.2, -0.15) is 0 Å². The second kappa shape index (κ2) is 2.69. The highest BCUT2D eigenvalue weighted by Gasteiger charge is 2.02. The topological polar surface area (TPSA) is 38.9 Å². The van der Waals surface area contributed by atoms with E-state index in [0.29, 0.717) is 11.3 Å². The SMILES string of the molecule is Cc1cc(F)c2nc(N)ccc2c1. The standard InChI is InChI=1S/C10H9FN2/c1-6-4-7-2-3-9(12)13-10(7)8(11)5-6/h2-5H,1H3,(H2,12,13). The minimum Gasteiger partial charge on any atom is -0.384 e. The largest absolute Gasteiger partial charge is 0.384 e. The lowest BCUT2D eigenvalue weighted by Gasteiger charge is -2.01. The van der Waals surface area contributed by atoms with Crippen molar-refractivity contribution in [1.82, 2.24) is 4.98 Å². The van der Waals surface area contributed by atoms with Gasteiger partial charge in [0.05, 0.1) is 0 Å². The number of benzene rings is 1. The molecule has 0 unspecified atom stereocenters. The van der Waals surface area contributed by atoms with Crippen LogP contribution in [0.4, 0.5) is 10.2 Å². The fraction of sp³-hybridized carbons (Fsp3) is 0.100. The van der Waals surface area contributed by atoms with Gasteiger partial charge in [0.1, 0.15) is 17.2 Å². The van der Waals surface area contributed by atoms with Crippen molar-refractivity contribution in [2.75, 3.05) is 5.73 Å². The van der Waals surface area contributed by atoms with Crippen LogP contribution < -0.4 is 5.73 Å². The Morgan fingerprint density at radius 1 is 1.31 bits per heavy atom. The van der Waals surface area contributed by atoms with Crippen molar-refractivity contribution in [3.05, 3.63) is 35.6 Å². The zero-order valence-electron chi connectivity index (χ0n) is 7.21. The van der Waals surface area contributed by atoms with Crippen LogP contribution in [0, 0.1) is 12.7 Å². The number of fused-ring (bicyclic) bond motifs is 1. The van der Waals surface area contributed by atoms with Gasteiger partial charge in [-0.05, 0) is 36.8 Å². The summed E-state index contributed by atoms with van der Waals surface area (Å²) < 4.78 is 13.3. The number of nitrogens with two attached hydrogens (primary N) is 1. The molecule has 1 aromatic carbocycles. The normalized spacial score (nSPS) is 10.6. The molecule has 0 fully saturated rings. The van der Waals surface area contributed by atoms with Crippen LogP contribution in [0.5, 0.6) is 0 Å². The molecule has 0 aliphatic heterocycles. The molecule has 0 spiro atoms. The van der Waals surface area contributed by atoms with E-state index >= 15 is 0 Å². The highest BCUT2D eigenvalue weighted by molar-refractivity contribution is 5.81. The number of hydrogen-bond donors (Lipinski definition) is 1. The Balaban J connectivity index is 2.87. The third-order valence-corrected chi connectivity index (χ3v) is 1.91. The quantitative estimate of drug-likeness (QED) is 0.668. The summed E-state index contributed by atoms with van der Waals surface area (Å²) in [7, 11) is 0. The number of nitrogen functional groups attached to an aromatic ring is 1. The number of aryl methyl sites for hydroxylation is 1. The molecule has 1 heterocycles. The lowest BCUT2D eigenvalue weighted by molar-refractivity contribution is 0.636. The Morgan fingerprint density at radius 3 is 2.85 bits per heavy atom. The number of rotatable bonds is 0. The first-order valence-electron chi connectivity index (χ1n) is 3.99. The van der Waals surface area contributed by atoms with E-state index in [1.807, 2.05) is 13.0 Å². The number of nitrogens with zero attached hydrogens (tertiary/aromatic N) is 1. The number of hydrogen-bond acceptors (Lipinski definition) is 2. The molecular weight excluding hydrogens is 167 g/mol. The summed E-state index contributed by atoms with van der Waals surface area (Å²) in [5.41, 5.74) is 6.68. The van der Waals surface area contributed by atoms with Gasteiger partial charge in [0.2, 0.25) is 0 Å². The molecule has 0 aliphatic carbocycles. The van der Waals surface area contributed by atoms with E-state index in [1.54, 1.807) is 12.1 Å². The zero-order chi connectivity index (χ0) is 9.42. The van der Waals surface area contributed by atoms with Gasteiger partial charge in [-0.3, -0.25) is 0 Å². The summed E-state index contributed by atoms with van der Waals surface area (Å²) in [5, 5.41) is 0.784. The number of anilines is 1. The van der Waals surface area contributed by atoms with Gasteiger partial charge < -0.3 is 5.73 Å². The molecule has 2 aromatic rings. The molecule has 0 radical (unpaired) electrons. The molecule has 0 amide bonds. The number of aromatic nitrogens is 1. The van der Waals surface area contributed by atoms with Crippen LogP contribution in [0.25, 0.3) is 10.9 Å². The van der Waals surface area contributed by atoms with Crippen molar-refractivity contribution in [3.63, 3.8) is 0 Å². The van der Waals surface area contributed by atoms with Crippen molar-refractivity contribution < 1.29 is 4.39 Å². The Kier molecular flexibility index (Phi) is 1.65. The average Bonchev–Trinajstić information content (AvgIpc) is 2.06. The lowest BCUT2D eigenvalue weighted by atomic mass is 10.1. The number of halogens is 1. The highest BCUT2D eigenvalue weighted by Crippen LogP contribution is 2.18. The molecule has 66 valence electrons. The van der Waals surface area contributed by atoms with E-state index < -0.39 is 0 Å². The van der Waals surface area contributed by atoms with Crippen molar-refractivity contribution in [2.45, 2.75) is 6.92 Å². The fourth-order valence-corrected chi connectivity index (χ4v) is 1.35. The van der Waals surface area contributed by atoms with Crippen molar-refractivity contribution >= 4 is 16.7 Å². The first-order valence-corrected chi connectivity index (χ1v) is 3.99. The molecule has 0 saturated heterocycles. The van der Waals surface area contributed by atoms with Crippen molar-refractivity contribution in [1.29, 1.82) is 0 Å². The zero-order valence-corrected chi connectivity index (χ0v) is 7.21. The molecule has 2 rings (SSSR count). The summed E-state index contributed by atoms with van der Waals surface area (Å²) >= 11 is 0. The number of pyridine rings is 1. The summed E-state index contributed by atoms with van der Waals surface area (Å²) in [4.78, 5) is 3.92. The van der Waals surface area contributed by atoms with Gasteiger partial charge in [-0.1, -0.05) is 0 Å². The van der Waals surface area contributed by atoms with Crippen LogP contribution in [0.15, 0.2) is 24.3 Å².